The first-order valence-corrected chi connectivity index (χ1v) is 15.2. The fraction of sp³-hybridized carbons (Fsp3) is 0.545. The third kappa shape index (κ3) is 6.53. The van der Waals surface area contributed by atoms with Crippen LogP contribution >= 0.6 is 11.6 Å². The van der Waals surface area contributed by atoms with Crippen LogP contribution in [0.1, 0.15) is 76.2 Å². The maximum absolute atomic E-state index is 13.8. The molecule has 2 aromatic carbocycles. The van der Waals surface area contributed by atoms with Gasteiger partial charge >= 0.3 is 5.97 Å². The molecule has 1 saturated heterocycles. The zero-order valence-electron chi connectivity index (χ0n) is 25.3. The van der Waals surface area contributed by atoms with Crippen molar-refractivity contribution in [2.45, 2.75) is 78.5 Å². The number of nitrogens with one attached hydrogen (secondary N) is 1. The van der Waals surface area contributed by atoms with Crippen LogP contribution in [0.25, 0.3) is 0 Å². The number of carboxylic acid groups (broad SMARTS) is 1. The zero-order chi connectivity index (χ0) is 30.7. The summed E-state index contributed by atoms with van der Waals surface area (Å²) in [5, 5.41) is 22.0. The van der Waals surface area contributed by atoms with Crippen LogP contribution in [0.5, 0.6) is 5.75 Å². The van der Waals surface area contributed by atoms with Crippen molar-refractivity contribution < 1.29 is 19.4 Å². The predicted octanol–water partition coefficient (Wildman–Crippen LogP) is 5.98. The number of aliphatic carboxylic acids is 1. The summed E-state index contributed by atoms with van der Waals surface area (Å²) in [6.07, 6.45) is 2.68. The number of benzene rings is 2. The van der Waals surface area contributed by atoms with Gasteiger partial charge in [-0.1, -0.05) is 64.8 Å². The highest BCUT2D eigenvalue weighted by molar-refractivity contribution is 6.31. The maximum Gasteiger partial charge on any atom is 0.303 e. The first kappa shape index (κ1) is 31.7. The standard InChI is InChI=1S/C33H43ClN4O4/c1-6-9-23(13-15-28(39)40)37-16-18-38(19-17-37)27-11-8-7-10-25(27)29(41)36-30-32(2,3)31(33(30,4)5)42-24-14-12-22(21-35)26(34)20-24/h7-8,10-12,14,20,23,30-31H,6,9,13,15-19H2,1-5H3,(H,36,41)(H,39,40). The summed E-state index contributed by atoms with van der Waals surface area (Å²) >= 11 is 6.24. The number of amides is 1. The van der Waals surface area contributed by atoms with E-state index in [0.717, 1.165) is 44.7 Å². The second kappa shape index (κ2) is 12.9. The Morgan fingerprint density at radius 1 is 1.10 bits per heavy atom. The Bertz CT molecular complexity index is 1310. The topological polar surface area (TPSA) is 106 Å². The quantitative estimate of drug-likeness (QED) is 0.330. The van der Waals surface area contributed by atoms with Gasteiger partial charge in [0, 0.05) is 67.3 Å². The molecule has 9 heteroatoms. The second-order valence-electron chi connectivity index (χ2n) is 12.7. The van der Waals surface area contributed by atoms with Gasteiger partial charge in [0.05, 0.1) is 16.1 Å². The van der Waals surface area contributed by atoms with Crippen LogP contribution in [0.3, 0.4) is 0 Å². The summed E-state index contributed by atoms with van der Waals surface area (Å²) < 4.78 is 6.38. The minimum Gasteiger partial charge on any atom is -0.489 e. The van der Waals surface area contributed by atoms with Gasteiger partial charge in [-0.05, 0) is 37.1 Å². The summed E-state index contributed by atoms with van der Waals surface area (Å²) in [4.78, 5) is 29.6. The van der Waals surface area contributed by atoms with Crippen LogP contribution in [0, 0.1) is 22.2 Å². The number of hydrogen-bond acceptors (Lipinski definition) is 6. The van der Waals surface area contributed by atoms with Gasteiger partial charge in [0.1, 0.15) is 17.9 Å². The summed E-state index contributed by atoms with van der Waals surface area (Å²) in [5.41, 5.74) is 1.26. The van der Waals surface area contributed by atoms with Crippen LogP contribution < -0.4 is 15.0 Å². The number of rotatable bonds is 11. The molecule has 2 aliphatic rings. The molecule has 4 rings (SSSR count). The van der Waals surface area contributed by atoms with E-state index in [4.69, 9.17) is 16.3 Å². The summed E-state index contributed by atoms with van der Waals surface area (Å²) in [7, 11) is 0. The Morgan fingerprint density at radius 2 is 1.76 bits per heavy atom. The molecule has 0 aromatic heterocycles. The minimum atomic E-state index is -0.746. The number of carboxylic acids is 1. The molecular formula is C33H43ClN4O4. The molecule has 1 atom stereocenters. The smallest absolute Gasteiger partial charge is 0.303 e. The fourth-order valence-corrected chi connectivity index (χ4v) is 7.42. The first-order valence-electron chi connectivity index (χ1n) is 14.9. The van der Waals surface area contributed by atoms with E-state index in [9.17, 15) is 20.0 Å². The number of carbonyl (C=O) groups excluding carboxylic acids is 1. The molecule has 0 spiro atoms. The van der Waals surface area contributed by atoms with Gasteiger partial charge in [0.25, 0.3) is 5.91 Å². The minimum absolute atomic E-state index is 0.107. The number of para-hydroxylation sites is 1. The maximum atomic E-state index is 13.8. The highest BCUT2D eigenvalue weighted by atomic mass is 35.5. The molecule has 1 unspecified atom stereocenters. The lowest BCUT2D eigenvalue weighted by Gasteiger charge is -2.63. The first-order chi connectivity index (χ1) is 19.9. The molecule has 2 N–H and O–H groups in total. The molecule has 1 heterocycles. The number of nitriles is 1. The Labute approximate surface area is 254 Å². The van der Waals surface area contributed by atoms with Crippen LogP contribution in [0.4, 0.5) is 5.69 Å². The van der Waals surface area contributed by atoms with Crippen LogP contribution in [0.2, 0.25) is 5.02 Å². The highest BCUT2D eigenvalue weighted by Crippen LogP contribution is 2.55. The molecule has 2 aromatic rings. The van der Waals surface area contributed by atoms with E-state index in [1.54, 1.807) is 18.2 Å². The molecule has 1 saturated carbocycles. The fourth-order valence-electron chi connectivity index (χ4n) is 7.21. The summed E-state index contributed by atoms with van der Waals surface area (Å²) in [5.74, 6) is -0.253. The van der Waals surface area contributed by atoms with Gasteiger partial charge in [-0.3, -0.25) is 14.5 Å². The molecule has 2 fully saturated rings. The van der Waals surface area contributed by atoms with E-state index in [-0.39, 0.29) is 41.3 Å². The van der Waals surface area contributed by atoms with Crippen molar-refractivity contribution in [2.75, 3.05) is 31.1 Å². The van der Waals surface area contributed by atoms with E-state index >= 15 is 0 Å². The second-order valence-corrected chi connectivity index (χ2v) is 13.1. The van der Waals surface area contributed by atoms with Crippen molar-refractivity contribution in [1.82, 2.24) is 10.2 Å². The molecule has 42 heavy (non-hydrogen) atoms. The van der Waals surface area contributed by atoms with Crippen molar-refractivity contribution in [1.29, 1.82) is 5.26 Å². The molecular weight excluding hydrogens is 552 g/mol. The molecule has 1 aliphatic carbocycles. The lowest BCUT2D eigenvalue weighted by molar-refractivity contribution is -0.164. The van der Waals surface area contributed by atoms with E-state index < -0.39 is 5.97 Å². The Morgan fingerprint density at radius 3 is 2.36 bits per heavy atom. The van der Waals surface area contributed by atoms with E-state index in [1.165, 1.54) is 0 Å². The van der Waals surface area contributed by atoms with Crippen molar-refractivity contribution >= 4 is 29.2 Å². The average molecular weight is 595 g/mol. The predicted molar refractivity (Wildman–Crippen MR) is 165 cm³/mol. The third-order valence-electron chi connectivity index (χ3n) is 9.06. The zero-order valence-corrected chi connectivity index (χ0v) is 26.1. The Kier molecular flexibility index (Phi) is 9.74. The lowest BCUT2D eigenvalue weighted by atomic mass is 9.49. The molecule has 0 bridgehead atoms. The average Bonchev–Trinajstić information content (AvgIpc) is 2.96. The van der Waals surface area contributed by atoms with E-state index in [0.29, 0.717) is 28.3 Å². The van der Waals surface area contributed by atoms with Crippen LogP contribution in [-0.2, 0) is 4.79 Å². The summed E-state index contributed by atoms with van der Waals surface area (Å²) in [6, 6.07) is 15.1. The van der Waals surface area contributed by atoms with E-state index in [2.05, 4.69) is 55.8 Å². The molecule has 1 aliphatic heterocycles. The summed E-state index contributed by atoms with van der Waals surface area (Å²) in [6.45, 7) is 13.8. The highest BCUT2D eigenvalue weighted by Gasteiger charge is 2.64. The van der Waals surface area contributed by atoms with Gasteiger partial charge in [0.15, 0.2) is 0 Å². The largest absolute Gasteiger partial charge is 0.489 e. The lowest BCUT2D eigenvalue weighted by Crippen LogP contribution is -2.74. The van der Waals surface area contributed by atoms with Gasteiger partial charge in [0.2, 0.25) is 0 Å². The number of carbonyl (C=O) groups is 2. The SMILES string of the molecule is CCCC(CCC(=O)O)N1CCN(c2ccccc2C(=O)NC2C(C)(C)C(Oc3ccc(C#N)c(Cl)c3)C2(C)C)CC1. The normalized spacial score (nSPS) is 22.0. The van der Waals surface area contributed by atoms with Crippen molar-refractivity contribution in [3.63, 3.8) is 0 Å². The van der Waals surface area contributed by atoms with Gasteiger partial charge < -0.3 is 20.1 Å². The van der Waals surface area contributed by atoms with Crippen LogP contribution in [-0.4, -0.2) is 66.2 Å². The number of anilines is 1. The molecule has 0 radical (unpaired) electrons. The third-order valence-corrected chi connectivity index (χ3v) is 9.38. The van der Waals surface area contributed by atoms with Gasteiger partial charge in [-0.15, -0.1) is 0 Å². The molecule has 1 amide bonds. The number of halogens is 1. The monoisotopic (exact) mass is 594 g/mol. The number of piperazine rings is 1. The Hall–Kier alpha value is -3.28. The molecule has 226 valence electrons. The van der Waals surface area contributed by atoms with Crippen molar-refractivity contribution in [2.24, 2.45) is 10.8 Å². The van der Waals surface area contributed by atoms with E-state index in [1.807, 2.05) is 24.3 Å². The number of ether oxygens (including phenoxy) is 1. The number of hydrogen-bond donors (Lipinski definition) is 2. The number of nitrogens with zero attached hydrogens (tertiary/aromatic N) is 3. The van der Waals surface area contributed by atoms with Crippen molar-refractivity contribution in [3.05, 3.63) is 58.6 Å². The van der Waals surface area contributed by atoms with Crippen LogP contribution in [0.15, 0.2) is 42.5 Å². The van der Waals surface area contributed by atoms with Gasteiger partial charge in [-0.25, -0.2) is 0 Å². The molecule has 8 nitrogen and oxygen atoms in total. The Balaban J connectivity index is 1.43. The van der Waals surface area contributed by atoms with Crippen molar-refractivity contribution in [3.8, 4) is 11.8 Å². The van der Waals surface area contributed by atoms with Gasteiger partial charge in [-0.2, -0.15) is 5.26 Å².